The first-order valence-corrected chi connectivity index (χ1v) is 17.2. The monoisotopic (exact) mass is 622 g/mol. The third-order valence-corrected chi connectivity index (χ3v) is 11.0. The minimum atomic E-state index is -0.00241. The molecule has 0 N–H and O–H groups in total. The van der Waals surface area contributed by atoms with E-state index in [-0.39, 0.29) is 5.41 Å². The topological polar surface area (TPSA) is 0 Å². The highest BCUT2D eigenvalue weighted by Gasteiger charge is 2.35. The molecule has 0 heteroatoms. The molecule has 49 heavy (non-hydrogen) atoms. The third kappa shape index (κ3) is 4.38. The van der Waals surface area contributed by atoms with Crippen molar-refractivity contribution >= 4 is 43.1 Å². The van der Waals surface area contributed by atoms with Gasteiger partial charge in [-0.1, -0.05) is 147 Å². The van der Waals surface area contributed by atoms with E-state index >= 15 is 0 Å². The fourth-order valence-electron chi connectivity index (χ4n) is 8.38. The maximum Gasteiger partial charge on any atom is 0.0159 e. The summed E-state index contributed by atoms with van der Waals surface area (Å²) in [4.78, 5) is 0. The normalized spacial score (nSPS) is 13.3. The molecule has 9 aromatic carbocycles. The lowest BCUT2D eigenvalue weighted by Crippen LogP contribution is -2.14. The van der Waals surface area contributed by atoms with Gasteiger partial charge in [-0.05, 0) is 135 Å². The van der Waals surface area contributed by atoms with Crippen molar-refractivity contribution in [1.82, 2.24) is 0 Å². The van der Waals surface area contributed by atoms with Crippen LogP contribution in [-0.2, 0) is 5.41 Å². The fraction of sp³-hybridized carbons (Fsp3) is 0.0612. The van der Waals surface area contributed by atoms with E-state index in [9.17, 15) is 0 Å². The zero-order chi connectivity index (χ0) is 32.7. The molecule has 0 unspecified atom stereocenters. The Morgan fingerprint density at radius 3 is 1.55 bits per heavy atom. The average molecular weight is 623 g/mol. The van der Waals surface area contributed by atoms with Gasteiger partial charge < -0.3 is 0 Å². The molecule has 10 rings (SSSR count). The van der Waals surface area contributed by atoms with Crippen molar-refractivity contribution in [2.45, 2.75) is 19.3 Å². The van der Waals surface area contributed by atoms with Crippen molar-refractivity contribution in [2.24, 2.45) is 0 Å². The van der Waals surface area contributed by atoms with Crippen LogP contribution in [-0.4, -0.2) is 0 Å². The average Bonchev–Trinajstić information content (AvgIpc) is 3.39. The summed E-state index contributed by atoms with van der Waals surface area (Å²) in [5.74, 6) is 0. The summed E-state index contributed by atoms with van der Waals surface area (Å²) in [6.45, 7) is 4.70. The van der Waals surface area contributed by atoms with Gasteiger partial charge in [0.05, 0.1) is 0 Å². The maximum absolute atomic E-state index is 2.41. The van der Waals surface area contributed by atoms with Gasteiger partial charge in [0.25, 0.3) is 0 Å². The van der Waals surface area contributed by atoms with Crippen LogP contribution in [0.3, 0.4) is 0 Å². The van der Waals surface area contributed by atoms with E-state index in [0.717, 1.165) is 0 Å². The number of fused-ring (bicyclic) bond motifs is 8. The first-order chi connectivity index (χ1) is 24.0. The molecule has 230 valence electrons. The van der Waals surface area contributed by atoms with Crippen LogP contribution in [0.2, 0.25) is 0 Å². The fourth-order valence-corrected chi connectivity index (χ4v) is 8.38. The lowest BCUT2D eigenvalue weighted by atomic mass is 9.81. The minimum Gasteiger partial charge on any atom is -0.0619 e. The highest BCUT2D eigenvalue weighted by molar-refractivity contribution is 6.14. The minimum absolute atomic E-state index is 0.00241. The summed E-state index contributed by atoms with van der Waals surface area (Å²) in [5.41, 5.74) is 13.1. The van der Waals surface area contributed by atoms with E-state index in [2.05, 4.69) is 184 Å². The second-order valence-corrected chi connectivity index (χ2v) is 14.2. The zero-order valence-corrected chi connectivity index (χ0v) is 27.7. The van der Waals surface area contributed by atoms with Crippen LogP contribution in [0.15, 0.2) is 170 Å². The summed E-state index contributed by atoms with van der Waals surface area (Å²) in [6, 6.07) is 63.3. The molecular weight excluding hydrogens is 589 g/mol. The summed E-state index contributed by atoms with van der Waals surface area (Å²) in [5, 5.41) is 10.2. The second-order valence-electron chi connectivity index (χ2n) is 14.2. The van der Waals surface area contributed by atoms with E-state index < -0.39 is 0 Å². The SMILES string of the molecule is CC1(C)c2ccccc2-c2ccc(-c3ccc4cc(-c5ccc6ccc(-c7cc8ccccc8c8ccccc78)cc6c5)ccc4c3)cc21. The van der Waals surface area contributed by atoms with Crippen LogP contribution in [0.4, 0.5) is 0 Å². The van der Waals surface area contributed by atoms with Gasteiger partial charge in [-0.25, -0.2) is 0 Å². The van der Waals surface area contributed by atoms with Gasteiger partial charge in [0.1, 0.15) is 0 Å². The predicted octanol–water partition coefficient (Wildman–Crippen LogP) is 13.6. The Labute approximate surface area is 286 Å². The second kappa shape index (κ2) is 10.5. The van der Waals surface area contributed by atoms with E-state index in [1.165, 1.54) is 98.7 Å². The summed E-state index contributed by atoms with van der Waals surface area (Å²) < 4.78 is 0. The lowest BCUT2D eigenvalue weighted by molar-refractivity contribution is 0.660. The number of hydrogen-bond donors (Lipinski definition) is 0. The number of hydrogen-bond acceptors (Lipinski definition) is 0. The maximum atomic E-state index is 2.41. The zero-order valence-electron chi connectivity index (χ0n) is 27.7. The van der Waals surface area contributed by atoms with Crippen molar-refractivity contribution < 1.29 is 0 Å². The Balaban J connectivity index is 1.01. The molecule has 0 amide bonds. The van der Waals surface area contributed by atoms with Gasteiger partial charge in [-0.2, -0.15) is 0 Å². The molecule has 0 bridgehead atoms. The third-order valence-electron chi connectivity index (χ3n) is 11.0. The highest BCUT2D eigenvalue weighted by Crippen LogP contribution is 2.49. The Kier molecular flexibility index (Phi) is 6.02. The summed E-state index contributed by atoms with van der Waals surface area (Å²) in [6.07, 6.45) is 0. The number of benzene rings is 9. The largest absolute Gasteiger partial charge is 0.0619 e. The molecule has 0 spiro atoms. The first kappa shape index (κ1) is 28.1. The lowest BCUT2D eigenvalue weighted by Gasteiger charge is -2.22. The molecule has 0 saturated carbocycles. The molecular formula is C49H34. The Morgan fingerprint density at radius 1 is 0.286 bits per heavy atom. The van der Waals surface area contributed by atoms with Gasteiger partial charge in [0, 0.05) is 5.41 Å². The summed E-state index contributed by atoms with van der Waals surface area (Å²) in [7, 11) is 0. The first-order valence-electron chi connectivity index (χ1n) is 17.2. The van der Waals surface area contributed by atoms with E-state index in [1.807, 2.05) is 0 Å². The standard InChI is InChI=1S/C49H34/c1-49(2)47-14-8-7-13-44(47)45-24-23-37(30-48(45)49)35-21-20-32-25-34(19-18-33(32)26-35)36-17-15-31-16-22-39(28-40(31)27-36)46-29-38-9-3-4-10-41(38)42-11-5-6-12-43(42)46/h3-30H,1-2H3. The molecule has 1 aliphatic rings. The van der Waals surface area contributed by atoms with Gasteiger partial charge in [0.15, 0.2) is 0 Å². The smallest absolute Gasteiger partial charge is 0.0159 e. The molecule has 0 aromatic heterocycles. The predicted molar refractivity (Wildman–Crippen MR) is 210 cm³/mol. The summed E-state index contributed by atoms with van der Waals surface area (Å²) >= 11 is 0. The van der Waals surface area contributed by atoms with Gasteiger partial charge in [-0.3, -0.25) is 0 Å². The Morgan fingerprint density at radius 2 is 0.796 bits per heavy atom. The molecule has 0 nitrogen and oxygen atoms in total. The molecule has 0 radical (unpaired) electrons. The molecule has 1 aliphatic carbocycles. The van der Waals surface area contributed by atoms with Crippen LogP contribution in [0.1, 0.15) is 25.0 Å². The highest BCUT2D eigenvalue weighted by atomic mass is 14.4. The van der Waals surface area contributed by atoms with Crippen molar-refractivity contribution in [3.8, 4) is 44.5 Å². The van der Waals surface area contributed by atoms with Gasteiger partial charge in [-0.15, -0.1) is 0 Å². The van der Waals surface area contributed by atoms with E-state index in [0.29, 0.717) is 0 Å². The van der Waals surface area contributed by atoms with Crippen LogP contribution < -0.4 is 0 Å². The molecule has 0 saturated heterocycles. The van der Waals surface area contributed by atoms with Gasteiger partial charge >= 0.3 is 0 Å². The van der Waals surface area contributed by atoms with Crippen molar-refractivity contribution in [1.29, 1.82) is 0 Å². The van der Waals surface area contributed by atoms with Crippen molar-refractivity contribution in [2.75, 3.05) is 0 Å². The molecule has 0 aliphatic heterocycles. The van der Waals surface area contributed by atoms with Crippen molar-refractivity contribution in [3.05, 3.63) is 181 Å². The molecule has 0 heterocycles. The van der Waals surface area contributed by atoms with Crippen LogP contribution in [0.25, 0.3) is 87.6 Å². The molecule has 0 fully saturated rings. The molecule has 9 aromatic rings. The van der Waals surface area contributed by atoms with E-state index in [1.54, 1.807) is 0 Å². The van der Waals surface area contributed by atoms with Crippen molar-refractivity contribution in [3.63, 3.8) is 0 Å². The van der Waals surface area contributed by atoms with Crippen LogP contribution in [0, 0.1) is 0 Å². The van der Waals surface area contributed by atoms with Crippen LogP contribution >= 0.6 is 0 Å². The number of rotatable bonds is 3. The van der Waals surface area contributed by atoms with Gasteiger partial charge in [0.2, 0.25) is 0 Å². The Bertz CT molecular complexity index is 2800. The quantitative estimate of drug-likeness (QED) is 0.172. The Hall–Kier alpha value is -5.98. The molecule has 0 atom stereocenters. The van der Waals surface area contributed by atoms with Crippen LogP contribution in [0.5, 0.6) is 0 Å². The van der Waals surface area contributed by atoms with E-state index in [4.69, 9.17) is 0 Å².